The Hall–Kier alpha value is -4.68. The van der Waals surface area contributed by atoms with Crippen LogP contribution in [0.3, 0.4) is 0 Å². The lowest BCUT2D eigenvalue weighted by atomic mass is 9.88. The number of hydrogen-bond acceptors (Lipinski definition) is 8. The summed E-state index contributed by atoms with van der Waals surface area (Å²) in [5, 5.41) is 3.90. The van der Waals surface area contributed by atoms with Crippen LogP contribution in [0.4, 0.5) is 19.1 Å². The van der Waals surface area contributed by atoms with Gasteiger partial charge in [0.05, 0.1) is 20.1 Å². The van der Waals surface area contributed by atoms with Crippen molar-refractivity contribution in [1.82, 2.24) is 15.0 Å². The third-order valence-corrected chi connectivity index (χ3v) is 5.77. The molecule has 0 saturated heterocycles. The van der Waals surface area contributed by atoms with Crippen molar-refractivity contribution in [1.29, 1.82) is 0 Å². The maximum absolute atomic E-state index is 12.4. The molecule has 0 amide bonds. The summed E-state index contributed by atoms with van der Waals surface area (Å²) in [5.74, 6) is -2.50. The number of imidazole rings is 1. The molecule has 0 aliphatic heterocycles. The minimum absolute atomic E-state index is 0.397. The predicted octanol–water partition coefficient (Wildman–Crippen LogP) is 4.87. The zero-order valence-corrected chi connectivity index (χ0v) is 20.7. The number of hydrogen-bond donors (Lipinski definition) is 3. The molecule has 2 aromatic carbocycles. The molecule has 206 valence electrons. The van der Waals surface area contributed by atoms with Crippen LogP contribution in [-0.4, -0.2) is 53.3 Å². The number of aromatic nitrogens is 3. The Morgan fingerprint density at radius 2 is 1.82 bits per heavy atom. The molecule has 13 heteroatoms. The first kappa shape index (κ1) is 27.4. The molecule has 2 heterocycles. The molecule has 4 rings (SSSR count). The Bertz CT molecular complexity index is 1390. The molecule has 0 saturated carbocycles. The molecule has 4 aromatic rings. The Balaban J connectivity index is 1.46. The summed E-state index contributed by atoms with van der Waals surface area (Å²) >= 11 is 0. The van der Waals surface area contributed by atoms with Gasteiger partial charge >= 0.3 is 18.1 Å². The van der Waals surface area contributed by atoms with Gasteiger partial charge in [-0.25, -0.2) is 24.3 Å². The summed E-state index contributed by atoms with van der Waals surface area (Å²) in [6.07, 6.45) is 0.126. The highest BCUT2D eigenvalue weighted by Gasteiger charge is 2.43. The number of benzene rings is 2. The van der Waals surface area contributed by atoms with Gasteiger partial charge in [-0.3, -0.25) is 0 Å². The van der Waals surface area contributed by atoms with Crippen LogP contribution in [0.1, 0.15) is 29.9 Å². The quantitative estimate of drug-likeness (QED) is 0.138. The molecular weight excluding hydrogens is 521 g/mol. The van der Waals surface area contributed by atoms with Crippen molar-refractivity contribution in [2.75, 3.05) is 25.6 Å². The van der Waals surface area contributed by atoms with Gasteiger partial charge in [0, 0.05) is 48.0 Å². The standard InChI is InChI=1S/C26H25F3N4O6/c1-36-17-5-3-16(4-6-17)20(14-23(34)38-39-24(35)26(27,28)29)21-15-33-22-13-18(7-8-19(21)22)37-12-2-9-30-25-31-10-11-32-25/h3-8,10-11,13,15,20,33H,2,9,12,14H2,1H3,(H2,30,31,32). The van der Waals surface area contributed by atoms with E-state index in [-0.39, 0.29) is 0 Å². The first-order valence-electron chi connectivity index (χ1n) is 11.8. The minimum Gasteiger partial charge on any atom is -0.497 e. The number of methoxy groups -OCH3 is 1. The van der Waals surface area contributed by atoms with E-state index in [4.69, 9.17) is 9.47 Å². The number of anilines is 1. The highest BCUT2D eigenvalue weighted by Crippen LogP contribution is 2.35. The molecule has 0 aliphatic rings. The van der Waals surface area contributed by atoms with E-state index in [0.29, 0.717) is 41.7 Å². The Labute approximate surface area is 220 Å². The summed E-state index contributed by atoms with van der Waals surface area (Å²) in [5.41, 5.74) is 2.08. The third kappa shape index (κ3) is 7.21. The first-order chi connectivity index (χ1) is 18.7. The normalized spacial score (nSPS) is 12.1. The summed E-state index contributed by atoms with van der Waals surface area (Å²) in [4.78, 5) is 41.3. The van der Waals surface area contributed by atoms with Crippen LogP contribution in [0.5, 0.6) is 11.5 Å². The van der Waals surface area contributed by atoms with Crippen molar-refractivity contribution < 1.29 is 42.0 Å². The largest absolute Gasteiger partial charge is 0.497 e. The molecule has 1 unspecified atom stereocenters. The summed E-state index contributed by atoms with van der Waals surface area (Å²) < 4.78 is 48.2. The highest BCUT2D eigenvalue weighted by molar-refractivity contribution is 5.86. The number of ether oxygens (including phenoxy) is 2. The summed E-state index contributed by atoms with van der Waals surface area (Å²) in [6.45, 7) is 1.13. The fourth-order valence-electron chi connectivity index (χ4n) is 3.91. The molecule has 0 bridgehead atoms. The van der Waals surface area contributed by atoms with E-state index in [1.807, 2.05) is 12.1 Å². The predicted molar refractivity (Wildman–Crippen MR) is 133 cm³/mol. The highest BCUT2D eigenvalue weighted by atomic mass is 19.4. The second kappa shape index (κ2) is 12.2. The number of rotatable bonds is 11. The number of nitrogens with zero attached hydrogens (tertiary/aromatic N) is 1. The average molecular weight is 547 g/mol. The lowest BCUT2D eigenvalue weighted by Crippen LogP contribution is -2.27. The zero-order valence-electron chi connectivity index (χ0n) is 20.7. The minimum atomic E-state index is -5.29. The first-order valence-corrected chi connectivity index (χ1v) is 11.8. The van der Waals surface area contributed by atoms with E-state index in [1.54, 1.807) is 48.9 Å². The van der Waals surface area contributed by atoms with Gasteiger partial charge in [-0.15, -0.1) is 0 Å². The smallest absolute Gasteiger partial charge is 0.495 e. The zero-order chi connectivity index (χ0) is 27.8. The van der Waals surface area contributed by atoms with Gasteiger partial charge in [-0.05, 0) is 41.8 Å². The molecule has 0 fully saturated rings. The molecule has 0 aliphatic carbocycles. The van der Waals surface area contributed by atoms with Crippen molar-refractivity contribution in [2.45, 2.75) is 24.9 Å². The van der Waals surface area contributed by atoms with Gasteiger partial charge in [0.15, 0.2) is 5.95 Å². The second-order valence-electron chi connectivity index (χ2n) is 8.37. The van der Waals surface area contributed by atoms with Gasteiger partial charge in [-0.1, -0.05) is 12.1 Å². The van der Waals surface area contributed by atoms with Crippen LogP contribution >= 0.6 is 0 Å². The lowest BCUT2D eigenvalue weighted by molar-refractivity contribution is -0.285. The van der Waals surface area contributed by atoms with Crippen LogP contribution in [0.25, 0.3) is 10.9 Å². The molecule has 39 heavy (non-hydrogen) atoms. The number of carbonyl (C=O) groups excluding carboxylic acids is 2. The Morgan fingerprint density at radius 1 is 1.05 bits per heavy atom. The average Bonchev–Trinajstić information content (AvgIpc) is 3.59. The van der Waals surface area contributed by atoms with E-state index in [0.717, 1.165) is 17.3 Å². The van der Waals surface area contributed by atoms with Gasteiger partial charge in [-0.2, -0.15) is 13.2 Å². The van der Waals surface area contributed by atoms with E-state index in [2.05, 4.69) is 30.0 Å². The Morgan fingerprint density at radius 3 is 2.51 bits per heavy atom. The maximum Gasteiger partial charge on any atom is 0.495 e. The number of H-pyrrole nitrogens is 2. The van der Waals surface area contributed by atoms with E-state index in [9.17, 15) is 22.8 Å². The van der Waals surface area contributed by atoms with Gasteiger partial charge in [0.1, 0.15) is 11.5 Å². The van der Waals surface area contributed by atoms with Crippen LogP contribution in [0, 0.1) is 0 Å². The van der Waals surface area contributed by atoms with Gasteiger partial charge in [0.25, 0.3) is 0 Å². The molecule has 3 N–H and O–H groups in total. The van der Waals surface area contributed by atoms with E-state index < -0.39 is 30.5 Å². The number of halogens is 3. The van der Waals surface area contributed by atoms with Crippen molar-refractivity contribution in [3.05, 3.63) is 72.2 Å². The molecule has 10 nitrogen and oxygen atoms in total. The summed E-state index contributed by atoms with van der Waals surface area (Å²) in [7, 11) is 1.51. The number of alkyl halides is 3. The Kier molecular flexibility index (Phi) is 8.59. The second-order valence-corrected chi connectivity index (χ2v) is 8.37. The number of carbonyl (C=O) groups is 2. The van der Waals surface area contributed by atoms with Crippen molar-refractivity contribution in [3.8, 4) is 11.5 Å². The van der Waals surface area contributed by atoms with E-state index >= 15 is 0 Å². The fraction of sp³-hybridized carbons (Fsp3) is 0.269. The number of fused-ring (bicyclic) bond motifs is 1. The number of aromatic amines is 2. The SMILES string of the molecule is COc1ccc(C(CC(=O)OOC(=O)C(F)(F)F)c2c[nH]c3cc(OCCCNc4ncc[nH]4)ccc23)cc1. The molecule has 2 aromatic heterocycles. The monoisotopic (exact) mass is 546 g/mol. The van der Waals surface area contributed by atoms with Crippen LogP contribution in [-0.2, 0) is 19.4 Å². The number of nitrogens with one attached hydrogen (secondary N) is 3. The van der Waals surface area contributed by atoms with Crippen molar-refractivity contribution in [2.24, 2.45) is 0 Å². The topological polar surface area (TPSA) is 128 Å². The third-order valence-electron chi connectivity index (χ3n) is 5.77. The molecule has 0 radical (unpaired) electrons. The van der Waals surface area contributed by atoms with Gasteiger partial charge in [0.2, 0.25) is 0 Å². The van der Waals surface area contributed by atoms with Crippen LogP contribution in [0.2, 0.25) is 0 Å². The summed E-state index contributed by atoms with van der Waals surface area (Å²) in [6, 6.07) is 12.3. The lowest BCUT2D eigenvalue weighted by Gasteiger charge is -2.17. The van der Waals surface area contributed by atoms with Crippen LogP contribution in [0.15, 0.2) is 61.1 Å². The molecule has 1 atom stereocenters. The van der Waals surface area contributed by atoms with Crippen molar-refractivity contribution in [3.63, 3.8) is 0 Å². The molecular formula is C26H25F3N4O6. The van der Waals surface area contributed by atoms with Gasteiger partial charge < -0.3 is 24.8 Å². The van der Waals surface area contributed by atoms with Crippen molar-refractivity contribution >= 4 is 28.8 Å². The van der Waals surface area contributed by atoms with Crippen LogP contribution < -0.4 is 14.8 Å². The fourth-order valence-corrected chi connectivity index (χ4v) is 3.91. The molecule has 0 spiro atoms. The van der Waals surface area contributed by atoms with E-state index in [1.165, 1.54) is 7.11 Å². The maximum atomic E-state index is 12.4.